The summed E-state index contributed by atoms with van der Waals surface area (Å²) in [6.07, 6.45) is 0. The van der Waals surface area contributed by atoms with Crippen LogP contribution in [0.3, 0.4) is 0 Å². The maximum Gasteiger partial charge on any atom is 0.222 e. The molecule has 0 atom stereocenters. The van der Waals surface area contributed by atoms with Gasteiger partial charge < -0.3 is 20.1 Å². The van der Waals surface area contributed by atoms with Crippen molar-refractivity contribution in [1.82, 2.24) is 5.16 Å². The summed E-state index contributed by atoms with van der Waals surface area (Å²) in [5.41, 5.74) is 6.21. The molecule has 0 bridgehead atoms. The first-order chi connectivity index (χ1) is 7.61. The van der Waals surface area contributed by atoms with Crippen molar-refractivity contribution in [2.24, 2.45) is 0 Å². The summed E-state index contributed by atoms with van der Waals surface area (Å²) in [4.78, 5) is 0. The molecule has 0 radical (unpaired) electrons. The third-order valence-corrected chi connectivity index (χ3v) is 2.37. The van der Waals surface area contributed by atoms with Gasteiger partial charge in [0, 0.05) is 12.1 Å². The predicted molar refractivity (Wildman–Crippen MR) is 59.6 cm³/mol. The van der Waals surface area contributed by atoms with Crippen LogP contribution in [0.25, 0.3) is 11.3 Å². The molecule has 16 heavy (non-hydrogen) atoms. The van der Waals surface area contributed by atoms with Crippen LogP contribution in [0.5, 0.6) is 11.5 Å². The first kappa shape index (κ1) is 10.6. The second kappa shape index (κ2) is 3.94. The van der Waals surface area contributed by atoms with Crippen molar-refractivity contribution in [1.29, 1.82) is 0 Å². The number of nitrogens with two attached hydrogens (primary N) is 1. The summed E-state index contributed by atoms with van der Waals surface area (Å²) in [5, 5.41) is 13.6. The normalized spacial score (nSPS) is 10.4. The fraction of sp³-hybridized carbons (Fsp3) is 0.100. The molecule has 6 heteroatoms. The van der Waals surface area contributed by atoms with Gasteiger partial charge in [0.15, 0.2) is 0 Å². The van der Waals surface area contributed by atoms with E-state index in [9.17, 15) is 5.11 Å². The number of aromatic hydroxyl groups is 1. The Balaban J connectivity index is 2.59. The maximum atomic E-state index is 9.77. The number of ether oxygens (including phenoxy) is 1. The summed E-state index contributed by atoms with van der Waals surface area (Å²) < 4.78 is 9.75. The number of rotatable bonds is 2. The fourth-order valence-corrected chi connectivity index (χ4v) is 1.51. The Hall–Kier alpha value is -1.88. The van der Waals surface area contributed by atoms with Crippen LogP contribution < -0.4 is 10.5 Å². The van der Waals surface area contributed by atoms with E-state index in [1.165, 1.54) is 19.2 Å². The highest BCUT2D eigenvalue weighted by Crippen LogP contribution is 2.38. The molecule has 1 aromatic carbocycles. The van der Waals surface area contributed by atoms with Crippen LogP contribution in [0, 0.1) is 0 Å². The smallest absolute Gasteiger partial charge is 0.222 e. The minimum absolute atomic E-state index is 0.0873. The van der Waals surface area contributed by atoms with Gasteiger partial charge in [0.1, 0.15) is 17.2 Å². The zero-order valence-electron chi connectivity index (χ0n) is 8.40. The van der Waals surface area contributed by atoms with Crippen molar-refractivity contribution in [3.63, 3.8) is 0 Å². The fourth-order valence-electron chi connectivity index (χ4n) is 1.30. The van der Waals surface area contributed by atoms with Gasteiger partial charge in [-0.05, 0) is 6.07 Å². The molecular formula is C10H9ClN2O3. The van der Waals surface area contributed by atoms with Crippen LogP contribution in [0.1, 0.15) is 0 Å². The Morgan fingerprint density at radius 1 is 1.44 bits per heavy atom. The van der Waals surface area contributed by atoms with Crippen LogP contribution in [-0.4, -0.2) is 17.4 Å². The minimum atomic E-state index is -0.0873. The van der Waals surface area contributed by atoms with E-state index in [2.05, 4.69) is 5.16 Å². The van der Waals surface area contributed by atoms with E-state index in [1.54, 1.807) is 6.07 Å². The number of halogens is 1. The van der Waals surface area contributed by atoms with E-state index in [0.29, 0.717) is 17.0 Å². The Morgan fingerprint density at radius 3 is 2.75 bits per heavy atom. The number of phenols is 1. The van der Waals surface area contributed by atoms with Crippen LogP contribution in [0.15, 0.2) is 22.7 Å². The average Bonchev–Trinajstić information content (AvgIpc) is 2.68. The minimum Gasteiger partial charge on any atom is -0.506 e. The maximum absolute atomic E-state index is 9.77. The molecule has 84 valence electrons. The molecule has 0 aliphatic heterocycles. The van der Waals surface area contributed by atoms with Crippen LogP contribution in [-0.2, 0) is 0 Å². The number of nitrogens with zero attached hydrogens (tertiary/aromatic N) is 1. The van der Waals surface area contributed by atoms with E-state index < -0.39 is 0 Å². The molecule has 0 saturated carbocycles. The van der Waals surface area contributed by atoms with Crippen LogP contribution >= 0.6 is 11.6 Å². The molecule has 1 heterocycles. The van der Waals surface area contributed by atoms with Gasteiger partial charge >= 0.3 is 0 Å². The molecule has 5 nitrogen and oxygen atoms in total. The Bertz CT molecular complexity index is 525. The first-order valence-electron chi connectivity index (χ1n) is 4.41. The third-order valence-electron chi connectivity index (χ3n) is 2.08. The van der Waals surface area contributed by atoms with E-state index in [1.807, 2.05) is 0 Å². The lowest BCUT2D eigenvalue weighted by atomic mass is 10.1. The van der Waals surface area contributed by atoms with E-state index in [4.69, 9.17) is 26.6 Å². The molecule has 0 unspecified atom stereocenters. The van der Waals surface area contributed by atoms with Gasteiger partial charge in [-0.25, -0.2) is 0 Å². The molecule has 1 aromatic heterocycles. The van der Waals surface area contributed by atoms with Crippen LogP contribution in [0.2, 0.25) is 5.02 Å². The second-order valence-corrected chi connectivity index (χ2v) is 3.53. The number of hydrogen-bond donors (Lipinski definition) is 2. The van der Waals surface area contributed by atoms with Gasteiger partial charge in [-0.3, -0.25) is 0 Å². The summed E-state index contributed by atoms with van der Waals surface area (Å²) in [5.74, 6) is 0.587. The van der Waals surface area contributed by atoms with E-state index in [0.717, 1.165) is 0 Å². The molecule has 0 amide bonds. The molecular weight excluding hydrogens is 232 g/mol. The lowest BCUT2D eigenvalue weighted by molar-refractivity contribution is 0.412. The molecule has 2 aromatic rings. The zero-order chi connectivity index (χ0) is 11.7. The molecule has 0 aliphatic rings. The highest BCUT2D eigenvalue weighted by molar-refractivity contribution is 6.32. The highest BCUT2D eigenvalue weighted by Gasteiger charge is 2.14. The monoisotopic (exact) mass is 240 g/mol. The molecule has 0 saturated heterocycles. The van der Waals surface area contributed by atoms with Gasteiger partial charge in [-0.1, -0.05) is 16.8 Å². The van der Waals surface area contributed by atoms with Crippen molar-refractivity contribution < 1.29 is 14.4 Å². The number of anilines is 1. The summed E-state index contributed by atoms with van der Waals surface area (Å²) in [7, 11) is 1.50. The summed E-state index contributed by atoms with van der Waals surface area (Å²) >= 11 is 5.83. The number of methoxy groups -OCH3 is 1. The first-order valence-corrected chi connectivity index (χ1v) is 4.78. The SMILES string of the molecule is COc1cc(Cl)c(O)c(-c2cc(N)on2)c1. The van der Waals surface area contributed by atoms with Crippen molar-refractivity contribution in [3.8, 4) is 22.8 Å². The Morgan fingerprint density at radius 2 is 2.19 bits per heavy atom. The van der Waals surface area contributed by atoms with Crippen molar-refractivity contribution in [3.05, 3.63) is 23.2 Å². The number of nitrogen functional groups attached to an aromatic ring is 1. The largest absolute Gasteiger partial charge is 0.506 e. The van der Waals surface area contributed by atoms with E-state index >= 15 is 0 Å². The molecule has 0 fully saturated rings. The highest BCUT2D eigenvalue weighted by atomic mass is 35.5. The summed E-state index contributed by atoms with van der Waals surface area (Å²) in [6.45, 7) is 0. The van der Waals surface area contributed by atoms with Gasteiger partial charge in [0.05, 0.1) is 17.7 Å². The van der Waals surface area contributed by atoms with Gasteiger partial charge in [0.25, 0.3) is 0 Å². The van der Waals surface area contributed by atoms with Gasteiger partial charge in [-0.2, -0.15) is 0 Å². The van der Waals surface area contributed by atoms with Gasteiger partial charge in [0.2, 0.25) is 5.88 Å². The molecule has 2 rings (SSSR count). The average molecular weight is 241 g/mol. The predicted octanol–water partition coefficient (Wildman–Crippen LogP) is 2.29. The zero-order valence-corrected chi connectivity index (χ0v) is 9.15. The molecule has 0 aliphatic carbocycles. The standard InChI is InChI=1S/C10H9ClN2O3/c1-15-5-2-6(10(14)7(11)3-5)8-4-9(12)16-13-8/h2-4,14H,12H2,1H3. The van der Waals surface area contributed by atoms with Crippen molar-refractivity contribution in [2.45, 2.75) is 0 Å². The van der Waals surface area contributed by atoms with Crippen LogP contribution in [0.4, 0.5) is 5.88 Å². The summed E-state index contributed by atoms with van der Waals surface area (Å²) in [6, 6.07) is 4.59. The lowest BCUT2D eigenvalue weighted by Crippen LogP contribution is -1.86. The van der Waals surface area contributed by atoms with Crippen molar-refractivity contribution in [2.75, 3.05) is 12.8 Å². The lowest BCUT2D eigenvalue weighted by Gasteiger charge is -2.06. The molecule has 3 N–H and O–H groups in total. The second-order valence-electron chi connectivity index (χ2n) is 3.12. The Kier molecular flexibility index (Phi) is 2.62. The molecule has 0 spiro atoms. The van der Waals surface area contributed by atoms with Gasteiger partial charge in [-0.15, -0.1) is 0 Å². The van der Waals surface area contributed by atoms with E-state index in [-0.39, 0.29) is 16.7 Å². The van der Waals surface area contributed by atoms with Crippen molar-refractivity contribution >= 4 is 17.5 Å². The number of aromatic nitrogens is 1. The quantitative estimate of drug-likeness (QED) is 0.842. The third kappa shape index (κ3) is 1.77. The number of benzene rings is 1. The number of hydrogen-bond acceptors (Lipinski definition) is 5. The Labute approximate surface area is 96.4 Å². The topological polar surface area (TPSA) is 81.5 Å². The number of phenolic OH excluding ortho intramolecular Hbond substituents is 1.